The molecule has 7 heteroatoms. The van der Waals surface area contributed by atoms with Crippen molar-refractivity contribution in [2.75, 3.05) is 12.0 Å². The normalized spacial score (nSPS) is 13.6. The van der Waals surface area contributed by atoms with Gasteiger partial charge in [-0.2, -0.15) is 11.8 Å². The van der Waals surface area contributed by atoms with Crippen molar-refractivity contribution in [1.29, 1.82) is 0 Å². The summed E-state index contributed by atoms with van der Waals surface area (Å²) < 4.78 is 40.1. The summed E-state index contributed by atoms with van der Waals surface area (Å²) in [7, 11) is -3.83. The van der Waals surface area contributed by atoms with Gasteiger partial charge in [-0.25, -0.2) is 17.5 Å². The lowest BCUT2D eigenvalue weighted by Crippen LogP contribution is -2.34. The molecule has 0 aliphatic carbocycles. The molecule has 1 aromatic rings. The molecule has 3 nitrogen and oxygen atoms in total. The van der Waals surface area contributed by atoms with E-state index in [1.807, 2.05) is 6.26 Å². The van der Waals surface area contributed by atoms with Crippen molar-refractivity contribution in [1.82, 2.24) is 4.72 Å². The lowest BCUT2D eigenvalue weighted by Gasteiger charge is -2.14. The second kappa shape index (κ2) is 6.17. The molecule has 0 saturated carbocycles. The Labute approximate surface area is 113 Å². The minimum atomic E-state index is -3.83. The van der Waals surface area contributed by atoms with Gasteiger partial charge in [-0.15, -0.1) is 0 Å². The smallest absolute Gasteiger partial charge is 0.207 e. The lowest BCUT2D eigenvalue weighted by atomic mass is 10.3. The fourth-order valence-electron chi connectivity index (χ4n) is 1.35. The van der Waals surface area contributed by atoms with Gasteiger partial charge in [0.25, 0.3) is 0 Å². The van der Waals surface area contributed by atoms with Crippen molar-refractivity contribution >= 4 is 37.7 Å². The molecular weight excluding hydrogens is 329 g/mol. The monoisotopic (exact) mass is 341 g/mol. The Bertz CT molecular complexity index is 473. The molecule has 0 aliphatic heterocycles. The minimum absolute atomic E-state index is 0.223. The Hall–Kier alpha value is -0.110. The molecule has 1 unspecified atom stereocenters. The third kappa shape index (κ3) is 3.94. The molecule has 0 aromatic heterocycles. The summed E-state index contributed by atoms with van der Waals surface area (Å²) >= 11 is 4.57. The molecule has 0 aliphatic rings. The van der Waals surface area contributed by atoms with E-state index in [2.05, 4.69) is 20.7 Å². The zero-order valence-electron chi connectivity index (χ0n) is 9.41. The maximum Gasteiger partial charge on any atom is 0.244 e. The average molecular weight is 342 g/mol. The summed E-state index contributed by atoms with van der Waals surface area (Å²) in [5.41, 5.74) is 0. The quantitative estimate of drug-likeness (QED) is 0.895. The molecule has 0 spiro atoms. The Morgan fingerprint density at radius 3 is 2.71 bits per heavy atom. The standard InChI is InChI=1S/C10H13BrFNO2S2/c1-7(6-16-2)13-17(14,15)10-8(11)4-3-5-9(10)12/h3-5,7,13H,6H2,1-2H3. The Morgan fingerprint density at radius 2 is 2.18 bits per heavy atom. The van der Waals surface area contributed by atoms with E-state index in [0.29, 0.717) is 5.75 Å². The van der Waals surface area contributed by atoms with E-state index in [1.165, 1.54) is 23.9 Å². The number of halogens is 2. The van der Waals surface area contributed by atoms with Gasteiger partial charge in [-0.3, -0.25) is 0 Å². The number of sulfonamides is 1. The highest BCUT2D eigenvalue weighted by atomic mass is 79.9. The number of hydrogen-bond acceptors (Lipinski definition) is 3. The summed E-state index contributed by atoms with van der Waals surface area (Å²) in [4.78, 5) is -0.340. The van der Waals surface area contributed by atoms with E-state index >= 15 is 0 Å². The number of hydrogen-bond donors (Lipinski definition) is 1. The first-order chi connectivity index (χ1) is 7.88. The SMILES string of the molecule is CSCC(C)NS(=O)(=O)c1c(F)cccc1Br. The van der Waals surface area contributed by atoms with Gasteiger partial charge < -0.3 is 0 Å². The fraction of sp³-hybridized carbons (Fsp3) is 0.400. The van der Waals surface area contributed by atoms with E-state index in [9.17, 15) is 12.8 Å². The number of benzene rings is 1. The molecule has 1 atom stereocenters. The second-order valence-electron chi connectivity index (χ2n) is 3.53. The van der Waals surface area contributed by atoms with E-state index < -0.39 is 15.8 Å². The molecule has 0 bridgehead atoms. The Morgan fingerprint density at radius 1 is 1.53 bits per heavy atom. The second-order valence-corrected chi connectivity index (χ2v) is 6.94. The van der Waals surface area contributed by atoms with Crippen molar-refractivity contribution < 1.29 is 12.8 Å². The van der Waals surface area contributed by atoms with Crippen LogP contribution in [-0.4, -0.2) is 26.5 Å². The predicted octanol–water partition coefficient (Wildman–Crippen LogP) is 2.62. The van der Waals surface area contributed by atoms with Gasteiger partial charge in [0.15, 0.2) is 0 Å². The van der Waals surface area contributed by atoms with E-state index in [-0.39, 0.29) is 15.4 Å². The van der Waals surface area contributed by atoms with Crippen LogP contribution < -0.4 is 4.72 Å². The zero-order valence-corrected chi connectivity index (χ0v) is 12.6. The lowest BCUT2D eigenvalue weighted by molar-refractivity contribution is 0.548. The van der Waals surface area contributed by atoms with Gasteiger partial charge in [0.1, 0.15) is 10.7 Å². The van der Waals surface area contributed by atoms with Crippen LogP contribution in [0.5, 0.6) is 0 Å². The summed E-state index contributed by atoms with van der Waals surface area (Å²) in [6.45, 7) is 1.74. The molecular formula is C10H13BrFNO2S2. The first-order valence-electron chi connectivity index (χ1n) is 4.83. The summed E-state index contributed by atoms with van der Waals surface area (Å²) in [5.74, 6) is -0.131. The highest BCUT2D eigenvalue weighted by Crippen LogP contribution is 2.24. The number of thioether (sulfide) groups is 1. The molecule has 1 aromatic carbocycles. The van der Waals surface area contributed by atoms with Crippen molar-refractivity contribution in [2.45, 2.75) is 17.9 Å². The molecule has 17 heavy (non-hydrogen) atoms. The van der Waals surface area contributed by atoms with Gasteiger partial charge >= 0.3 is 0 Å². The number of nitrogens with one attached hydrogen (secondary N) is 1. The highest BCUT2D eigenvalue weighted by Gasteiger charge is 2.23. The topological polar surface area (TPSA) is 46.2 Å². The summed E-state index contributed by atoms with van der Waals surface area (Å²) in [6.07, 6.45) is 1.88. The van der Waals surface area contributed by atoms with Gasteiger partial charge in [0.05, 0.1) is 0 Å². The van der Waals surface area contributed by atoms with E-state index in [4.69, 9.17) is 0 Å². The minimum Gasteiger partial charge on any atom is -0.207 e. The van der Waals surface area contributed by atoms with Crippen LogP contribution in [0, 0.1) is 5.82 Å². The maximum absolute atomic E-state index is 13.5. The Balaban J connectivity index is 3.06. The molecule has 0 fully saturated rings. The van der Waals surface area contributed by atoms with Crippen LogP contribution in [0.3, 0.4) is 0 Å². The van der Waals surface area contributed by atoms with Crippen LogP contribution in [0.1, 0.15) is 6.92 Å². The van der Waals surface area contributed by atoms with E-state index in [1.54, 1.807) is 6.92 Å². The molecule has 0 radical (unpaired) electrons. The molecule has 1 N–H and O–H groups in total. The van der Waals surface area contributed by atoms with Gasteiger partial charge in [-0.05, 0) is 41.2 Å². The van der Waals surface area contributed by atoms with Crippen LogP contribution in [0.4, 0.5) is 4.39 Å². The van der Waals surface area contributed by atoms with Crippen molar-refractivity contribution in [3.63, 3.8) is 0 Å². The van der Waals surface area contributed by atoms with Crippen LogP contribution in [0.25, 0.3) is 0 Å². The molecule has 0 amide bonds. The molecule has 0 saturated heterocycles. The van der Waals surface area contributed by atoms with Gasteiger partial charge in [-0.1, -0.05) is 6.07 Å². The molecule has 1 rings (SSSR count). The Kier molecular flexibility index (Phi) is 5.43. The third-order valence-corrected chi connectivity index (χ3v) is 5.38. The highest BCUT2D eigenvalue weighted by molar-refractivity contribution is 9.10. The molecule has 96 valence electrons. The van der Waals surface area contributed by atoms with Crippen LogP contribution in [-0.2, 0) is 10.0 Å². The van der Waals surface area contributed by atoms with Crippen LogP contribution >= 0.6 is 27.7 Å². The third-order valence-electron chi connectivity index (χ3n) is 1.96. The zero-order chi connectivity index (χ0) is 13.1. The van der Waals surface area contributed by atoms with Crippen molar-refractivity contribution in [2.24, 2.45) is 0 Å². The van der Waals surface area contributed by atoms with Crippen LogP contribution in [0.2, 0.25) is 0 Å². The first kappa shape index (κ1) is 14.9. The molecule has 0 heterocycles. The maximum atomic E-state index is 13.5. The largest absolute Gasteiger partial charge is 0.244 e. The number of rotatable bonds is 5. The summed E-state index contributed by atoms with van der Waals surface area (Å²) in [5, 5.41) is 0. The summed E-state index contributed by atoms with van der Waals surface area (Å²) in [6, 6.07) is 3.82. The van der Waals surface area contributed by atoms with Gasteiger partial charge in [0.2, 0.25) is 10.0 Å². The van der Waals surface area contributed by atoms with Crippen molar-refractivity contribution in [3.05, 3.63) is 28.5 Å². The average Bonchev–Trinajstić information content (AvgIpc) is 2.15. The predicted molar refractivity (Wildman–Crippen MR) is 72.3 cm³/mol. The van der Waals surface area contributed by atoms with Crippen LogP contribution in [0.15, 0.2) is 27.6 Å². The van der Waals surface area contributed by atoms with Gasteiger partial charge in [0, 0.05) is 16.3 Å². The van der Waals surface area contributed by atoms with E-state index in [0.717, 1.165) is 6.07 Å². The fourth-order valence-corrected chi connectivity index (χ4v) is 4.40. The first-order valence-corrected chi connectivity index (χ1v) is 8.50. The van der Waals surface area contributed by atoms with Crippen molar-refractivity contribution in [3.8, 4) is 0 Å².